The van der Waals surface area contributed by atoms with Crippen molar-refractivity contribution in [3.05, 3.63) is 130 Å². The zero-order chi connectivity index (χ0) is 32.6. The van der Waals surface area contributed by atoms with Gasteiger partial charge < -0.3 is 10.2 Å². The van der Waals surface area contributed by atoms with Crippen molar-refractivity contribution < 1.29 is 22.4 Å². The van der Waals surface area contributed by atoms with Crippen LogP contribution in [0.3, 0.4) is 0 Å². The molecule has 4 aromatic carbocycles. The summed E-state index contributed by atoms with van der Waals surface area (Å²) in [7, 11) is -4.31. The maximum atomic E-state index is 14.4. The molecule has 4 aromatic rings. The molecule has 0 bridgehead atoms. The second-order valence-electron chi connectivity index (χ2n) is 10.9. The Labute approximate surface area is 273 Å². The van der Waals surface area contributed by atoms with Gasteiger partial charge in [-0.05, 0) is 59.5 Å². The minimum absolute atomic E-state index is 0.0235. The van der Waals surface area contributed by atoms with Crippen molar-refractivity contribution in [2.24, 2.45) is 5.92 Å². The highest BCUT2D eigenvalue weighted by Gasteiger charge is 2.35. The second kappa shape index (κ2) is 15.4. The first-order valence-electron chi connectivity index (χ1n) is 14.3. The molecular weight excluding hydrogens is 636 g/mol. The summed E-state index contributed by atoms with van der Waals surface area (Å²) in [5, 5.41) is 3.24. The number of halogens is 3. The van der Waals surface area contributed by atoms with E-state index in [0.29, 0.717) is 12.1 Å². The molecule has 4 rings (SSSR count). The van der Waals surface area contributed by atoms with Crippen LogP contribution < -0.4 is 9.62 Å². The van der Waals surface area contributed by atoms with E-state index < -0.39 is 40.2 Å². The van der Waals surface area contributed by atoms with Crippen molar-refractivity contribution in [1.29, 1.82) is 0 Å². The summed E-state index contributed by atoms with van der Waals surface area (Å²) >= 11 is 12.6. The fourth-order valence-corrected chi connectivity index (χ4v) is 6.69. The molecule has 0 aliphatic heterocycles. The minimum atomic E-state index is -4.31. The molecule has 7 nitrogen and oxygen atoms in total. The Kier molecular flexibility index (Phi) is 11.6. The van der Waals surface area contributed by atoms with Crippen LogP contribution in [-0.2, 0) is 32.6 Å². The standard InChI is InChI=1S/C34H34Cl2FN3O4S/c1-24(2)21-38-34(42)32(19-25-9-5-3-6-10-25)39(22-26-13-16-28(37)17-14-26)33(41)23-40(31-18-15-27(35)20-30(31)36)45(43,44)29-11-7-4-8-12-29/h3-18,20,24,32H,19,21-23H2,1-2H3,(H,38,42)/t32-/m1/s1. The molecule has 0 aliphatic carbocycles. The number of carbonyl (C=O) groups is 2. The Morgan fingerprint density at radius 2 is 1.47 bits per heavy atom. The first kappa shape index (κ1) is 34.0. The van der Waals surface area contributed by atoms with Gasteiger partial charge in [-0.25, -0.2) is 12.8 Å². The Hall–Kier alpha value is -3.92. The summed E-state index contributed by atoms with van der Waals surface area (Å²) < 4.78 is 42.8. The highest BCUT2D eigenvalue weighted by atomic mass is 35.5. The monoisotopic (exact) mass is 669 g/mol. The van der Waals surface area contributed by atoms with Crippen molar-refractivity contribution in [3.63, 3.8) is 0 Å². The van der Waals surface area contributed by atoms with E-state index in [9.17, 15) is 22.4 Å². The van der Waals surface area contributed by atoms with Gasteiger partial charge in [-0.1, -0.05) is 97.7 Å². The van der Waals surface area contributed by atoms with Gasteiger partial charge in [0.15, 0.2) is 0 Å². The highest BCUT2D eigenvalue weighted by molar-refractivity contribution is 7.92. The first-order valence-corrected chi connectivity index (χ1v) is 16.5. The predicted octanol–water partition coefficient (Wildman–Crippen LogP) is 6.74. The van der Waals surface area contributed by atoms with Crippen LogP contribution in [-0.4, -0.2) is 44.3 Å². The predicted molar refractivity (Wildman–Crippen MR) is 176 cm³/mol. The molecule has 0 radical (unpaired) electrons. The molecule has 45 heavy (non-hydrogen) atoms. The van der Waals surface area contributed by atoms with E-state index in [4.69, 9.17) is 23.2 Å². The van der Waals surface area contributed by atoms with E-state index in [1.807, 2.05) is 44.2 Å². The third-order valence-corrected chi connectivity index (χ3v) is 9.32. The van der Waals surface area contributed by atoms with E-state index in [-0.39, 0.29) is 39.5 Å². The summed E-state index contributed by atoms with van der Waals surface area (Å²) in [6, 6.07) is 25.8. The maximum Gasteiger partial charge on any atom is 0.264 e. The number of amides is 2. The van der Waals surface area contributed by atoms with Crippen molar-refractivity contribution in [2.45, 2.75) is 37.8 Å². The zero-order valence-corrected chi connectivity index (χ0v) is 27.2. The molecule has 2 amide bonds. The third-order valence-electron chi connectivity index (χ3n) is 7.01. The van der Waals surface area contributed by atoms with E-state index in [1.165, 1.54) is 59.5 Å². The van der Waals surface area contributed by atoms with Crippen LogP contribution in [0.1, 0.15) is 25.0 Å². The quantitative estimate of drug-likeness (QED) is 0.171. The summed E-state index contributed by atoms with van der Waals surface area (Å²) in [6.45, 7) is 3.52. The molecule has 0 aliphatic rings. The summed E-state index contributed by atoms with van der Waals surface area (Å²) in [6.07, 6.45) is 0.158. The molecule has 0 aromatic heterocycles. The van der Waals surface area contributed by atoms with Crippen LogP contribution in [0.4, 0.5) is 10.1 Å². The Morgan fingerprint density at radius 3 is 2.07 bits per heavy atom. The molecule has 0 spiro atoms. The number of sulfonamides is 1. The van der Waals surface area contributed by atoms with Crippen LogP contribution >= 0.6 is 23.2 Å². The normalized spacial score (nSPS) is 12.0. The number of nitrogens with one attached hydrogen (secondary N) is 1. The maximum absolute atomic E-state index is 14.4. The number of nitrogens with zero attached hydrogens (tertiary/aromatic N) is 2. The zero-order valence-electron chi connectivity index (χ0n) is 24.9. The van der Waals surface area contributed by atoms with Crippen molar-refractivity contribution in [1.82, 2.24) is 10.2 Å². The largest absolute Gasteiger partial charge is 0.354 e. The van der Waals surface area contributed by atoms with Gasteiger partial charge >= 0.3 is 0 Å². The minimum Gasteiger partial charge on any atom is -0.354 e. The summed E-state index contributed by atoms with van der Waals surface area (Å²) in [4.78, 5) is 29.5. The molecule has 0 saturated carbocycles. The van der Waals surface area contributed by atoms with Gasteiger partial charge in [0.05, 0.1) is 15.6 Å². The van der Waals surface area contributed by atoms with Gasteiger partial charge in [-0.3, -0.25) is 13.9 Å². The average Bonchev–Trinajstić information content (AvgIpc) is 3.02. The van der Waals surface area contributed by atoms with Crippen LogP contribution in [0.25, 0.3) is 0 Å². The summed E-state index contributed by atoms with van der Waals surface area (Å²) in [5.74, 6) is -1.37. The van der Waals surface area contributed by atoms with Crippen molar-refractivity contribution in [3.8, 4) is 0 Å². The Bertz CT molecular complexity index is 1710. The highest BCUT2D eigenvalue weighted by Crippen LogP contribution is 2.33. The smallest absolute Gasteiger partial charge is 0.264 e. The van der Waals surface area contributed by atoms with Crippen molar-refractivity contribution in [2.75, 3.05) is 17.4 Å². The molecular formula is C34H34Cl2FN3O4S. The molecule has 0 unspecified atom stereocenters. The van der Waals surface area contributed by atoms with Gasteiger partial charge in [0.25, 0.3) is 10.0 Å². The van der Waals surface area contributed by atoms with E-state index >= 15 is 0 Å². The SMILES string of the molecule is CC(C)CNC(=O)[C@@H](Cc1ccccc1)N(Cc1ccc(F)cc1)C(=O)CN(c1ccc(Cl)cc1Cl)S(=O)(=O)c1ccccc1. The van der Waals surface area contributed by atoms with Crippen LogP contribution in [0.5, 0.6) is 0 Å². The Balaban J connectivity index is 1.81. The lowest BCUT2D eigenvalue weighted by molar-refractivity contribution is -0.140. The van der Waals surface area contributed by atoms with Gasteiger partial charge in [0, 0.05) is 24.5 Å². The van der Waals surface area contributed by atoms with E-state index in [2.05, 4.69) is 5.32 Å². The molecule has 0 heterocycles. The number of carbonyl (C=O) groups excluding carboxylic acids is 2. The molecule has 0 saturated heterocycles. The second-order valence-corrected chi connectivity index (χ2v) is 13.6. The number of anilines is 1. The Morgan fingerprint density at radius 1 is 0.844 bits per heavy atom. The lowest BCUT2D eigenvalue weighted by Gasteiger charge is -2.34. The van der Waals surface area contributed by atoms with Crippen molar-refractivity contribution >= 4 is 50.7 Å². The molecule has 11 heteroatoms. The van der Waals surface area contributed by atoms with Gasteiger partial charge in [0.1, 0.15) is 18.4 Å². The van der Waals surface area contributed by atoms with Crippen LogP contribution in [0.15, 0.2) is 108 Å². The topological polar surface area (TPSA) is 86.8 Å². The molecule has 236 valence electrons. The number of rotatable bonds is 13. The van der Waals surface area contributed by atoms with Crippen LogP contribution in [0.2, 0.25) is 10.0 Å². The fourth-order valence-electron chi connectivity index (χ4n) is 4.68. The third kappa shape index (κ3) is 9.06. The first-order chi connectivity index (χ1) is 21.5. The number of hydrogen-bond acceptors (Lipinski definition) is 4. The van der Waals surface area contributed by atoms with E-state index in [0.717, 1.165) is 9.87 Å². The lowest BCUT2D eigenvalue weighted by Crippen LogP contribution is -2.53. The average molecular weight is 671 g/mol. The van der Waals surface area contributed by atoms with Crippen LogP contribution in [0, 0.1) is 11.7 Å². The number of hydrogen-bond donors (Lipinski definition) is 1. The van der Waals surface area contributed by atoms with Gasteiger partial charge in [-0.2, -0.15) is 0 Å². The number of benzene rings is 4. The molecule has 1 atom stereocenters. The fraction of sp³-hybridized carbons (Fsp3) is 0.235. The van der Waals surface area contributed by atoms with Gasteiger partial charge in [0.2, 0.25) is 11.8 Å². The summed E-state index contributed by atoms with van der Waals surface area (Å²) in [5.41, 5.74) is 1.40. The lowest BCUT2D eigenvalue weighted by atomic mass is 10.0. The van der Waals surface area contributed by atoms with Gasteiger partial charge in [-0.15, -0.1) is 0 Å². The van der Waals surface area contributed by atoms with E-state index in [1.54, 1.807) is 18.2 Å². The molecule has 1 N–H and O–H groups in total. The molecule has 0 fully saturated rings.